The second-order valence-electron chi connectivity index (χ2n) is 7.69. The van der Waals surface area contributed by atoms with Gasteiger partial charge in [0.1, 0.15) is 11.4 Å². The number of hydrogen-bond acceptors (Lipinski definition) is 8. The molecule has 1 aliphatic rings. The zero-order valence-corrected chi connectivity index (χ0v) is 22.9. The summed E-state index contributed by atoms with van der Waals surface area (Å²) >= 11 is 0. The summed E-state index contributed by atoms with van der Waals surface area (Å²) in [6.45, 7) is 12.1. The lowest BCUT2D eigenvalue weighted by molar-refractivity contribution is -0.117. The molecule has 1 saturated heterocycles. The van der Waals surface area contributed by atoms with Crippen molar-refractivity contribution in [3.8, 4) is 22.6 Å². The summed E-state index contributed by atoms with van der Waals surface area (Å²) in [5.41, 5.74) is 0.0639. The summed E-state index contributed by atoms with van der Waals surface area (Å²) in [4.78, 5) is 33.6. The first kappa shape index (κ1) is 30.2. The Bertz CT molecular complexity index is 1330. The third-order valence-corrected chi connectivity index (χ3v) is 5.62. The highest BCUT2D eigenvalue weighted by molar-refractivity contribution is 5.87. The fraction of sp³-hybridized carbons (Fsp3) is 0.407. The van der Waals surface area contributed by atoms with E-state index in [1.165, 1.54) is 49.3 Å². The topological polar surface area (TPSA) is 117 Å². The average molecular weight is 530 g/mol. The molecule has 1 aromatic carbocycles. The van der Waals surface area contributed by atoms with Crippen molar-refractivity contribution in [3.05, 3.63) is 53.2 Å². The number of nitrogens with one attached hydrogen (secondary N) is 2. The number of rotatable bonds is 7. The number of fused-ring (bicyclic) bond motifs is 1. The average Bonchev–Trinajstić information content (AvgIpc) is 3.39. The van der Waals surface area contributed by atoms with Crippen LogP contribution in [-0.4, -0.2) is 60.0 Å². The maximum Gasteiger partial charge on any atom is 0.259 e. The van der Waals surface area contributed by atoms with E-state index in [9.17, 15) is 9.59 Å². The highest BCUT2D eigenvalue weighted by Gasteiger charge is 2.30. The van der Waals surface area contributed by atoms with E-state index < -0.39 is 11.4 Å². The van der Waals surface area contributed by atoms with Crippen molar-refractivity contribution in [3.63, 3.8) is 0 Å². The molecule has 10 nitrogen and oxygen atoms in total. The summed E-state index contributed by atoms with van der Waals surface area (Å²) in [6, 6.07) is 3.82. The SMILES string of the molecule is C=CC(=O)NC1COCC1Nc1ncc2cc(-c3cc(OC)cc(OC)c3F)c(=O)n(C)c2n1.CC.CC. The number of hydrogen-bond donors (Lipinski definition) is 2. The van der Waals surface area contributed by atoms with E-state index in [0.29, 0.717) is 30.0 Å². The maximum absolute atomic E-state index is 15.0. The van der Waals surface area contributed by atoms with Gasteiger partial charge in [-0.1, -0.05) is 34.3 Å². The number of halogens is 1. The molecule has 38 heavy (non-hydrogen) atoms. The number of benzene rings is 1. The fourth-order valence-electron chi connectivity index (χ4n) is 3.79. The van der Waals surface area contributed by atoms with Crippen LogP contribution >= 0.6 is 0 Å². The summed E-state index contributed by atoms with van der Waals surface area (Å²) in [5.74, 6) is -0.407. The van der Waals surface area contributed by atoms with E-state index in [1.807, 2.05) is 27.7 Å². The minimum Gasteiger partial charge on any atom is -0.497 e. The normalized spacial score (nSPS) is 15.9. The van der Waals surface area contributed by atoms with Crippen LogP contribution in [0.3, 0.4) is 0 Å². The van der Waals surface area contributed by atoms with Gasteiger partial charge in [-0.05, 0) is 18.2 Å². The van der Waals surface area contributed by atoms with Crippen molar-refractivity contribution < 1.29 is 23.4 Å². The van der Waals surface area contributed by atoms with Crippen LogP contribution in [0.1, 0.15) is 27.7 Å². The molecule has 3 aromatic rings. The van der Waals surface area contributed by atoms with Crippen LogP contribution in [-0.2, 0) is 16.6 Å². The molecular formula is C27H36FN5O5. The quantitative estimate of drug-likeness (QED) is 0.445. The Morgan fingerprint density at radius 2 is 1.82 bits per heavy atom. The van der Waals surface area contributed by atoms with Crippen molar-refractivity contribution >= 4 is 22.9 Å². The predicted octanol–water partition coefficient (Wildman–Crippen LogP) is 3.69. The highest BCUT2D eigenvalue weighted by atomic mass is 19.1. The van der Waals surface area contributed by atoms with Crippen molar-refractivity contribution in [2.24, 2.45) is 7.05 Å². The van der Waals surface area contributed by atoms with Gasteiger partial charge in [-0.15, -0.1) is 0 Å². The number of carbonyl (C=O) groups excluding carboxylic acids is 1. The van der Waals surface area contributed by atoms with Crippen molar-refractivity contribution in [2.45, 2.75) is 39.8 Å². The van der Waals surface area contributed by atoms with Gasteiger partial charge in [0.25, 0.3) is 5.56 Å². The van der Waals surface area contributed by atoms with E-state index in [1.54, 1.807) is 7.05 Å². The van der Waals surface area contributed by atoms with Crippen LogP contribution in [0.5, 0.6) is 11.5 Å². The van der Waals surface area contributed by atoms with Gasteiger partial charge in [-0.25, -0.2) is 9.37 Å². The lowest BCUT2D eigenvalue weighted by Gasteiger charge is -2.20. The van der Waals surface area contributed by atoms with Crippen LogP contribution in [0.25, 0.3) is 22.2 Å². The van der Waals surface area contributed by atoms with Crippen molar-refractivity contribution in [1.29, 1.82) is 0 Å². The maximum atomic E-state index is 15.0. The number of nitrogens with zero attached hydrogens (tertiary/aromatic N) is 3. The van der Waals surface area contributed by atoms with Gasteiger partial charge >= 0.3 is 0 Å². The largest absolute Gasteiger partial charge is 0.497 e. The van der Waals surface area contributed by atoms with Crippen LogP contribution in [0.15, 0.2) is 41.8 Å². The highest BCUT2D eigenvalue weighted by Crippen LogP contribution is 2.33. The van der Waals surface area contributed by atoms with Crippen molar-refractivity contribution in [2.75, 3.05) is 32.8 Å². The molecule has 2 atom stereocenters. The van der Waals surface area contributed by atoms with Gasteiger partial charge in [0.05, 0.1) is 45.1 Å². The molecule has 0 saturated carbocycles. The Labute approximate surface area is 221 Å². The molecule has 1 fully saturated rings. The van der Waals surface area contributed by atoms with E-state index in [0.717, 1.165) is 0 Å². The molecule has 4 rings (SSSR count). The minimum atomic E-state index is -0.673. The number of pyridine rings is 1. The van der Waals surface area contributed by atoms with Crippen LogP contribution in [0.4, 0.5) is 10.3 Å². The van der Waals surface area contributed by atoms with Gasteiger partial charge in [-0.2, -0.15) is 4.98 Å². The molecule has 1 aliphatic heterocycles. The molecule has 0 spiro atoms. The van der Waals surface area contributed by atoms with Gasteiger partial charge in [0.15, 0.2) is 11.6 Å². The monoisotopic (exact) mass is 529 g/mol. The number of methoxy groups -OCH3 is 2. The number of amides is 1. The Morgan fingerprint density at radius 1 is 1.13 bits per heavy atom. The van der Waals surface area contributed by atoms with E-state index in [4.69, 9.17) is 14.2 Å². The molecular weight excluding hydrogens is 493 g/mol. The fourth-order valence-corrected chi connectivity index (χ4v) is 3.79. The minimum absolute atomic E-state index is 0.0378. The molecule has 2 N–H and O–H groups in total. The smallest absolute Gasteiger partial charge is 0.259 e. The lowest BCUT2D eigenvalue weighted by atomic mass is 10.0. The first-order valence-electron chi connectivity index (χ1n) is 12.4. The Hall–Kier alpha value is -3.99. The predicted molar refractivity (Wildman–Crippen MR) is 146 cm³/mol. The number of ether oxygens (including phenoxy) is 3. The number of anilines is 1. The second-order valence-corrected chi connectivity index (χ2v) is 7.69. The molecule has 0 bridgehead atoms. The van der Waals surface area contributed by atoms with Crippen LogP contribution in [0.2, 0.25) is 0 Å². The molecule has 2 aromatic heterocycles. The van der Waals surface area contributed by atoms with E-state index in [-0.39, 0.29) is 40.8 Å². The van der Waals surface area contributed by atoms with Crippen LogP contribution < -0.4 is 25.7 Å². The molecule has 11 heteroatoms. The van der Waals surface area contributed by atoms with Crippen LogP contribution in [0, 0.1) is 5.82 Å². The molecule has 206 valence electrons. The molecule has 2 unspecified atom stereocenters. The van der Waals surface area contributed by atoms with Gasteiger partial charge in [-0.3, -0.25) is 14.2 Å². The third kappa shape index (κ3) is 6.46. The van der Waals surface area contributed by atoms with Gasteiger partial charge in [0, 0.05) is 30.3 Å². The molecule has 3 heterocycles. The number of aromatic nitrogens is 3. The summed E-state index contributed by atoms with van der Waals surface area (Å²) < 4.78 is 32.1. The standard InChI is InChI=1S/C23H24FN5O5.2C2H6/c1-5-19(30)26-16-10-34-11-17(16)27-23-25-9-12-6-15(22(31)29(2)21(12)28-23)14-7-13(32-3)8-18(33-4)20(14)24;2*1-2/h5-9,16-17H,1,10-11H2,2-4H3,(H,26,30)(H,25,27,28);2*1-2H3. The molecule has 1 amide bonds. The summed E-state index contributed by atoms with van der Waals surface area (Å²) in [5, 5.41) is 6.47. The van der Waals surface area contributed by atoms with E-state index in [2.05, 4.69) is 27.2 Å². The zero-order valence-electron chi connectivity index (χ0n) is 22.9. The number of aryl methyl sites for hydroxylation is 1. The number of carbonyl (C=O) groups is 1. The Morgan fingerprint density at radius 3 is 2.45 bits per heavy atom. The molecule has 0 aliphatic carbocycles. The zero-order chi connectivity index (χ0) is 28.4. The van der Waals surface area contributed by atoms with Crippen molar-refractivity contribution in [1.82, 2.24) is 19.9 Å². The first-order chi connectivity index (χ1) is 18.4. The molecule has 0 radical (unpaired) electrons. The summed E-state index contributed by atoms with van der Waals surface area (Å²) in [6.07, 6.45) is 2.73. The second kappa shape index (κ2) is 14.1. The summed E-state index contributed by atoms with van der Waals surface area (Å²) in [7, 11) is 4.33. The van der Waals surface area contributed by atoms with E-state index >= 15 is 4.39 Å². The first-order valence-corrected chi connectivity index (χ1v) is 12.4. The van der Waals surface area contributed by atoms with Gasteiger partial charge < -0.3 is 24.8 Å². The van der Waals surface area contributed by atoms with Gasteiger partial charge in [0.2, 0.25) is 11.9 Å². The Balaban J connectivity index is 0.00000121. The Kier molecular flexibility index (Phi) is 11.2. The lowest BCUT2D eigenvalue weighted by Crippen LogP contribution is -2.45. The third-order valence-electron chi connectivity index (χ3n) is 5.62.